The van der Waals surface area contributed by atoms with Crippen molar-refractivity contribution in [3.05, 3.63) is 0 Å². The number of carbonyl (C=O) groups is 1. The van der Waals surface area contributed by atoms with Crippen LogP contribution in [0.5, 0.6) is 0 Å². The first-order chi connectivity index (χ1) is 6.68. The lowest BCUT2D eigenvalue weighted by Gasteiger charge is -2.41. The molecule has 80 valence electrons. The summed E-state index contributed by atoms with van der Waals surface area (Å²) >= 11 is 0. The van der Waals surface area contributed by atoms with E-state index in [1.807, 2.05) is 0 Å². The molecule has 1 saturated heterocycles. The first-order valence-electron chi connectivity index (χ1n) is 5.94. The quantitative estimate of drug-likeness (QED) is 0.687. The standard InChI is InChI=1S/C12H21NO/c1-9(2)12(10-4-3-5-10)13-7-6-11(14)8-13/h9-10,12H,3-8H2,1-2H3. The first kappa shape index (κ1) is 10.2. The number of nitrogens with zero attached hydrogens (tertiary/aromatic N) is 1. The third kappa shape index (κ3) is 1.85. The maximum absolute atomic E-state index is 11.3. The van der Waals surface area contributed by atoms with Crippen molar-refractivity contribution in [3.63, 3.8) is 0 Å². The van der Waals surface area contributed by atoms with Gasteiger partial charge < -0.3 is 0 Å². The predicted molar refractivity (Wildman–Crippen MR) is 57.2 cm³/mol. The van der Waals surface area contributed by atoms with Crippen LogP contribution in [-0.4, -0.2) is 29.8 Å². The number of likely N-dealkylation sites (tertiary alicyclic amines) is 1. The summed E-state index contributed by atoms with van der Waals surface area (Å²) in [6.45, 7) is 6.33. The van der Waals surface area contributed by atoms with Gasteiger partial charge in [-0.3, -0.25) is 9.69 Å². The van der Waals surface area contributed by atoms with Gasteiger partial charge in [0.15, 0.2) is 0 Å². The van der Waals surface area contributed by atoms with Gasteiger partial charge in [-0.15, -0.1) is 0 Å². The Balaban J connectivity index is 1.99. The Kier molecular flexibility index (Phi) is 2.91. The highest BCUT2D eigenvalue weighted by atomic mass is 16.1. The Labute approximate surface area is 86.7 Å². The number of ketones is 1. The summed E-state index contributed by atoms with van der Waals surface area (Å²) < 4.78 is 0. The SMILES string of the molecule is CC(C)C(C1CCC1)N1CCC(=O)C1. The molecule has 14 heavy (non-hydrogen) atoms. The van der Waals surface area contributed by atoms with E-state index in [2.05, 4.69) is 18.7 Å². The molecule has 2 aliphatic rings. The Bertz CT molecular complexity index is 220. The molecule has 0 aromatic heterocycles. The molecule has 2 rings (SSSR count). The topological polar surface area (TPSA) is 20.3 Å². The fourth-order valence-electron chi connectivity index (χ4n) is 2.95. The van der Waals surface area contributed by atoms with Crippen LogP contribution in [0.2, 0.25) is 0 Å². The van der Waals surface area contributed by atoms with Gasteiger partial charge in [0.25, 0.3) is 0 Å². The summed E-state index contributed by atoms with van der Waals surface area (Å²) in [7, 11) is 0. The Morgan fingerprint density at radius 3 is 2.43 bits per heavy atom. The van der Waals surface area contributed by atoms with Gasteiger partial charge >= 0.3 is 0 Å². The van der Waals surface area contributed by atoms with Crippen LogP contribution in [0.25, 0.3) is 0 Å². The van der Waals surface area contributed by atoms with Crippen molar-refractivity contribution in [2.24, 2.45) is 11.8 Å². The molecule has 1 unspecified atom stereocenters. The molecule has 1 atom stereocenters. The highest BCUT2D eigenvalue weighted by Gasteiger charge is 2.36. The molecule has 0 spiro atoms. The lowest BCUT2D eigenvalue weighted by Crippen LogP contribution is -2.45. The number of Topliss-reactive ketones (excluding diaryl/α,β-unsaturated/α-hetero) is 1. The third-order valence-electron chi connectivity index (χ3n) is 3.79. The van der Waals surface area contributed by atoms with Gasteiger partial charge in [0.2, 0.25) is 0 Å². The molecule has 0 aromatic carbocycles. The Hall–Kier alpha value is -0.370. The van der Waals surface area contributed by atoms with E-state index in [9.17, 15) is 4.79 Å². The second-order valence-electron chi connectivity index (χ2n) is 5.18. The zero-order chi connectivity index (χ0) is 10.1. The number of hydrogen-bond donors (Lipinski definition) is 0. The molecule has 1 aliphatic heterocycles. The molecule has 0 radical (unpaired) electrons. The molecule has 2 heteroatoms. The van der Waals surface area contributed by atoms with Crippen LogP contribution >= 0.6 is 0 Å². The minimum Gasteiger partial charge on any atom is -0.298 e. The molecule has 1 saturated carbocycles. The van der Waals surface area contributed by atoms with Gasteiger partial charge in [-0.1, -0.05) is 20.3 Å². The van der Waals surface area contributed by atoms with Crippen molar-refractivity contribution in [3.8, 4) is 0 Å². The van der Waals surface area contributed by atoms with Gasteiger partial charge in [0, 0.05) is 19.0 Å². The summed E-state index contributed by atoms with van der Waals surface area (Å²) in [5.74, 6) is 2.02. The lowest BCUT2D eigenvalue weighted by atomic mass is 9.75. The van der Waals surface area contributed by atoms with E-state index in [0.717, 1.165) is 25.4 Å². The number of rotatable bonds is 3. The van der Waals surface area contributed by atoms with E-state index in [-0.39, 0.29) is 0 Å². The van der Waals surface area contributed by atoms with Gasteiger partial charge in [0.1, 0.15) is 5.78 Å². The smallest absolute Gasteiger partial charge is 0.148 e. The van der Waals surface area contributed by atoms with Crippen molar-refractivity contribution >= 4 is 5.78 Å². The molecule has 0 amide bonds. The van der Waals surface area contributed by atoms with Gasteiger partial charge in [-0.25, -0.2) is 0 Å². The Morgan fingerprint density at radius 1 is 1.36 bits per heavy atom. The monoisotopic (exact) mass is 195 g/mol. The third-order valence-corrected chi connectivity index (χ3v) is 3.79. The van der Waals surface area contributed by atoms with Crippen molar-refractivity contribution in [1.29, 1.82) is 0 Å². The number of hydrogen-bond acceptors (Lipinski definition) is 2. The van der Waals surface area contributed by atoms with E-state index in [1.54, 1.807) is 0 Å². The zero-order valence-electron chi connectivity index (χ0n) is 9.33. The molecular weight excluding hydrogens is 174 g/mol. The molecule has 2 fully saturated rings. The maximum Gasteiger partial charge on any atom is 0.148 e. The fraction of sp³-hybridized carbons (Fsp3) is 0.917. The van der Waals surface area contributed by atoms with E-state index in [1.165, 1.54) is 19.3 Å². The van der Waals surface area contributed by atoms with E-state index < -0.39 is 0 Å². The maximum atomic E-state index is 11.3. The molecule has 1 heterocycles. The van der Waals surface area contributed by atoms with Crippen LogP contribution in [0.4, 0.5) is 0 Å². The normalized spacial score (nSPS) is 26.9. The van der Waals surface area contributed by atoms with Crippen LogP contribution in [0, 0.1) is 11.8 Å². The molecule has 2 nitrogen and oxygen atoms in total. The second-order valence-corrected chi connectivity index (χ2v) is 5.18. The van der Waals surface area contributed by atoms with Crippen molar-refractivity contribution in [1.82, 2.24) is 4.90 Å². The highest BCUT2D eigenvalue weighted by Crippen LogP contribution is 2.36. The molecule has 0 aromatic rings. The molecule has 1 aliphatic carbocycles. The fourth-order valence-corrected chi connectivity index (χ4v) is 2.95. The molecular formula is C12H21NO. The van der Waals surface area contributed by atoms with Crippen LogP contribution < -0.4 is 0 Å². The summed E-state index contributed by atoms with van der Waals surface area (Å²) in [5, 5.41) is 0. The van der Waals surface area contributed by atoms with Gasteiger partial charge in [-0.2, -0.15) is 0 Å². The summed E-state index contributed by atoms with van der Waals surface area (Å²) in [4.78, 5) is 13.7. The molecule has 0 bridgehead atoms. The molecule has 0 N–H and O–H groups in total. The van der Waals surface area contributed by atoms with Gasteiger partial charge in [0.05, 0.1) is 6.54 Å². The van der Waals surface area contributed by atoms with E-state index >= 15 is 0 Å². The van der Waals surface area contributed by atoms with Crippen molar-refractivity contribution in [2.45, 2.75) is 45.6 Å². The van der Waals surface area contributed by atoms with Gasteiger partial charge in [-0.05, 0) is 24.7 Å². The lowest BCUT2D eigenvalue weighted by molar-refractivity contribution is -0.117. The predicted octanol–water partition coefficient (Wildman–Crippen LogP) is 2.09. The first-order valence-corrected chi connectivity index (χ1v) is 5.94. The zero-order valence-corrected chi connectivity index (χ0v) is 9.33. The second kappa shape index (κ2) is 4.01. The minimum atomic E-state index is 0.440. The highest BCUT2D eigenvalue weighted by molar-refractivity contribution is 5.82. The van der Waals surface area contributed by atoms with Crippen LogP contribution in [0.15, 0.2) is 0 Å². The summed E-state index contributed by atoms with van der Waals surface area (Å²) in [5.41, 5.74) is 0. The Morgan fingerprint density at radius 2 is 2.07 bits per heavy atom. The summed E-state index contributed by atoms with van der Waals surface area (Å²) in [6, 6.07) is 0.676. The minimum absolute atomic E-state index is 0.440. The average Bonchev–Trinajstić information content (AvgIpc) is 2.42. The van der Waals surface area contributed by atoms with Crippen LogP contribution in [0.3, 0.4) is 0 Å². The average molecular weight is 195 g/mol. The van der Waals surface area contributed by atoms with Crippen LogP contribution in [-0.2, 0) is 4.79 Å². The van der Waals surface area contributed by atoms with Crippen molar-refractivity contribution < 1.29 is 4.79 Å². The van der Waals surface area contributed by atoms with E-state index in [0.29, 0.717) is 17.7 Å². The summed E-state index contributed by atoms with van der Waals surface area (Å²) in [6.07, 6.45) is 4.95. The van der Waals surface area contributed by atoms with Crippen molar-refractivity contribution in [2.75, 3.05) is 13.1 Å². The van der Waals surface area contributed by atoms with E-state index in [4.69, 9.17) is 0 Å². The largest absolute Gasteiger partial charge is 0.298 e. The number of carbonyl (C=O) groups excluding carboxylic acids is 1. The van der Waals surface area contributed by atoms with Crippen LogP contribution in [0.1, 0.15) is 39.5 Å².